The molecule has 154 valence electrons. The van der Waals surface area contributed by atoms with Crippen molar-refractivity contribution in [1.82, 2.24) is 19.6 Å². The van der Waals surface area contributed by atoms with Crippen LogP contribution in [0.4, 0.5) is 5.82 Å². The minimum atomic E-state index is -0.230. The lowest BCUT2D eigenvalue weighted by molar-refractivity contribution is 0.0622. The molecule has 7 nitrogen and oxygen atoms in total. The Morgan fingerprint density at radius 3 is 2.23 bits per heavy atom. The van der Waals surface area contributed by atoms with E-state index in [9.17, 15) is 9.59 Å². The number of carbonyl (C=O) groups excluding carboxylic acids is 2. The number of nitrogens with one attached hydrogen (secondary N) is 1. The van der Waals surface area contributed by atoms with Crippen LogP contribution in [-0.4, -0.2) is 57.6 Å². The minimum Gasteiger partial charge on any atom is -0.335 e. The first-order valence-electron chi connectivity index (χ1n) is 10.1. The molecule has 4 rings (SSSR count). The van der Waals surface area contributed by atoms with Gasteiger partial charge in [0.05, 0.1) is 0 Å². The lowest BCUT2D eigenvalue weighted by Crippen LogP contribution is -2.48. The summed E-state index contributed by atoms with van der Waals surface area (Å²) in [7, 11) is 1.72. The average Bonchev–Trinajstić information content (AvgIpc) is 3.15. The van der Waals surface area contributed by atoms with E-state index in [-0.39, 0.29) is 11.8 Å². The molecular weight excluding hydrogens is 378 g/mol. The van der Waals surface area contributed by atoms with Gasteiger partial charge in [0, 0.05) is 51.4 Å². The Morgan fingerprint density at radius 1 is 0.933 bits per heavy atom. The molecule has 0 saturated carbocycles. The maximum atomic E-state index is 12.9. The summed E-state index contributed by atoms with van der Waals surface area (Å²) in [6, 6.07) is 21.0. The van der Waals surface area contributed by atoms with Gasteiger partial charge in [0.2, 0.25) is 0 Å². The zero-order valence-electron chi connectivity index (χ0n) is 17.0. The maximum absolute atomic E-state index is 12.9. The molecule has 2 heterocycles. The fourth-order valence-electron chi connectivity index (χ4n) is 3.58. The SMILES string of the molecule is Cn1nc(C(=O)N2CCN(Cc3ccccc3)CC2)cc1NC(=O)c1ccccc1. The summed E-state index contributed by atoms with van der Waals surface area (Å²) in [6.45, 7) is 3.86. The molecule has 1 aliphatic heterocycles. The fourth-order valence-corrected chi connectivity index (χ4v) is 3.58. The number of rotatable bonds is 5. The van der Waals surface area contributed by atoms with Gasteiger partial charge in [-0.15, -0.1) is 0 Å². The highest BCUT2D eigenvalue weighted by Gasteiger charge is 2.25. The van der Waals surface area contributed by atoms with E-state index < -0.39 is 0 Å². The van der Waals surface area contributed by atoms with Crippen molar-refractivity contribution in [1.29, 1.82) is 0 Å². The van der Waals surface area contributed by atoms with Crippen molar-refractivity contribution in [3.8, 4) is 0 Å². The second-order valence-electron chi connectivity index (χ2n) is 7.41. The number of piperazine rings is 1. The zero-order chi connectivity index (χ0) is 20.9. The predicted molar refractivity (Wildman–Crippen MR) is 115 cm³/mol. The van der Waals surface area contributed by atoms with E-state index in [1.807, 2.05) is 41.3 Å². The number of aromatic nitrogens is 2. The van der Waals surface area contributed by atoms with Crippen LogP contribution in [-0.2, 0) is 13.6 Å². The van der Waals surface area contributed by atoms with E-state index in [0.29, 0.717) is 30.2 Å². The lowest BCUT2D eigenvalue weighted by Gasteiger charge is -2.34. The van der Waals surface area contributed by atoms with Crippen LogP contribution in [0.2, 0.25) is 0 Å². The summed E-state index contributed by atoms with van der Waals surface area (Å²) >= 11 is 0. The molecule has 1 aromatic heterocycles. The second-order valence-corrected chi connectivity index (χ2v) is 7.41. The Morgan fingerprint density at radius 2 is 1.57 bits per heavy atom. The number of amides is 2. The molecule has 3 aromatic rings. The Bertz CT molecular complexity index is 1010. The molecule has 2 aromatic carbocycles. The minimum absolute atomic E-state index is 0.106. The van der Waals surface area contributed by atoms with Crippen LogP contribution in [0.1, 0.15) is 26.4 Å². The topological polar surface area (TPSA) is 70.5 Å². The molecule has 0 radical (unpaired) electrons. The van der Waals surface area contributed by atoms with Crippen LogP contribution >= 0.6 is 0 Å². The molecule has 30 heavy (non-hydrogen) atoms. The van der Waals surface area contributed by atoms with Crippen molar-refractivity contribution >= 4 is 17.6 Å². The molecule has 0 unspecified atom stereocenters. The molecule has 0 aliphatic carbocycles. The van der Waals surface area contributed by atoms with Crippen LogP contribution in [0.3, 0.4) is 0 Å². The number of aryl methyl sites for hydroxylation is 1. The van der Waals surface area contributed by atoms with Gasteiger partial charge in [0.25, 0.3) is 11.8 Å². The molecule has 0 atom stereocenters. The van der Waals surface area contributed by atoms with Crippen LogP contribution in [0.5, 0.6) is 0 Å². The van der Waals surface area contributed by atoms with Crippen molar-refractivity contribution in [2.24, 2.45) is 7.05 Å². The van der Waals surface area contributed by atoms with Crippen molar-refractivity contribution in [3.05, 3.63) is 83.6 Å². The Labute approximate surface area is 175 Å². The predicted octanol–water partition coefficient (Wildman–Crippen LogP) is 2.63. The van der Waals surface area contributed by atoms with Gasteiger partial charge in [0.15, 0.2) is 5.69 Å². The monoisotopic (exact) mass is 403 g/mol. The van der Waals surface area contributed by atoms with Crippen molar-refractivity contribution in [3.63, 3.8) is 0 Å². The van der Waals surface area contributed by atoms with E-state index in [1.165, 1.54) is 10.2 Å². The summed E-state index contributed by atoms with van der Waals surface area (Å²) in [6.07, 6.45) is 0. The summed E-state index contributed by atoms with van der Waals surface area (Å²) in [5.41, 5.74) is 2.18. The van der Waals surface area contributed by atoms with Crippen molar-refractivity contribution in [2.75, 3.05) is 31.5 Å². The van der Waals surface area contributed by atoms with Crippen LogP contribution in [0.25, 0.3) is 0 Å². The molecule has 7 heteroatoms. The Kier molecular flexibility index (Phi) is 5.90. The average molecular weight is 403 g/mol. The molecule has 1 fully saturated rings. The third kappa shape index (κ3) is 4.58. The smallest absolute Gasteiger partial charge is 0.274 e. The van der Waals surface area contributed by atoms with E-state index in [1.54, 1.807) is 25.2 Å². The van der Waals surface area contributed by atoms with Gasteiger partial charge in [-0.25, -0.2) is 0 Å². The van der Waals surface area contributed by atoms with Gasteiger partial charge in [-0.1, -0.05) is 48.5 Å². The Balaban J connectivity index is 1.35. The van der Waals surface area contributed by atoms with E-state index in [2.05, 4.69) is 27.4 Å². The van der Waals surface area contributed by atoms with Gasteiger partial charge in [-0.2, -0.15) is 5.10 Å². The number of anilines is 1. The second kappa shape index (κ2) is 8.92. The zero-order valence-corrected chi connectivity index (χ0v) is 17.0. The van der Waals surface area contributed by atoms with Gasteiger partial charge in [-0.05, 0) is 17.7 Å². The quantitative estimate of drug-likeness (QED) is 0.711. The van der Waals surface area contributed by atoms with Crippen LogP contribution < -0.4 is 5.32 Å². The van der Waals surface area contributed by atoms with Gasteiger partial charge < -0.3 is 10.2 Å². The summed E-state index contributed by atoms with van der Waals surface area (Å²) in [4.78, 5) is 29.5. The van der Waals surface area contributed by atoms with Crippen molar-refractivity contribution < 1.29 is 9.59 Å². The largest absolute Gasteiger partial charge is 0.335 e. The highest BCUT2D eigenvalue weighted by atomic mass is 16.2. The molecule has 2 amide bonds. The summed E-state index contributed by atoms with van der Waals surface area (Å²) in [5, 5.41) is 7.14. The van der Waals surface area contributed by atoms with Gasteiger partial charge in [-0.3, -0.25) is 19.2 Å². The van der Waals surface area contributed by atoms with Gasteiger partial charge >= 0.3 is 0 Å². The number of hydrogen-bond acceptors (Lipinski definition) is 4. The normalized spacial score (nSPS) is 14.5. The number of carbonyl (C=O) groups is 2. The van der Waals surface area contributed by atoms with E-state index in [4.69, 9.17) is 0 Å². The van der Waals surface area contributed by atoms with E-state index in [0.717, 1.165) is 19.6 Å². The van der Waals surface area contributed by atoms with Gasteiger partial charge in [0.1, 0.15) is 5.82 Å². The first kappa shape index (κ1) is 19.8. The number of nitrogens with zero attached hydrogens (tertiary/aromatic N) is 4. The molecular formula is C23H25N5O2. The number of hydrogen-bond donors (Lipinski definition) is 1. The molecule has 0 bridgehead atoms. The highest BCUT2D eigenvalue weighted by molar-refractivity contribution is 6.04. The van der Waals surface area contributed by atoms with E-state index >= 15 is 0 Å². The maximum Gasteiger partial charge on any atom is 0.274 e. The lowest BCUT2D eigenvalue weighted by atomic mass is 10.2. The molecule has 0 spiro atoms. The fraction of sp³-hybridized carbons (Fsp3) is 0.261. The third-order valence-electron chi connectivity index (χ3n) is 5.29. The first-order chi connectivity index (χ1) is 14.6. The summed E-state index contributed by atoms with van der Waals surface area (Å²) in [5.74, 6) is 0.159. The first-order valence-corrected chi connectivity index (χ1v) is 10.1. The highest BCUT2D eigenvalue weighted by Crippen LogP contribution is 2.15. The summed E-state index contributed by atoms with van der Waals surface area (Å²) < 4.78 is 1.53. The molecule has 1 N–H and O–H groups in total. The third-order valence-corrected chi connectivity index (χ3v) is 5.29. The van der Waals surface area contributed by atoms with Crippen LogP contribution in [0, 0.1) is 0 Å². The molecule has 1 saturated heterocycles. The molecule has 1 aliphatic rings. The number of benzene rings is 2. The standard InChI is InChI=1S/C23H25N5O2/c1-26-21(24-22(29)19-10-6-3-7-11-19)16-20(25-26)23(30)28-14-12-27(13-15-28)17-18-8-4-2-5-9-18/h2-11,16H,12-15,17H2,1H3,(H,24,29). The Hall–Kier alpha value is -3.45. The van der Waals surface area contributed by atoms with Crippen molar-refractivity contribution in [2.45, 2.75) is 6.54 Å². The van der Waals surface area contributed by atoms with Crippen LogP contribution in [0.15, 0.2) is 66.7 Å².